The number of rotatable bonds is 6. The van der Waals surface area contributed by atoms with E-state index in [0.717, 1.165) is 29.7 Å². The van der Waals surface area contributed by atoms with E-state index in [1.165, 1.54) is 50.5 Å². The van der Waals surface area contributed by atoms with Gasteiger partial charge in [0.05, 0.1) is 6.10 Å². The van der Waals surface area contributed by atoms with E-state index in [-0.39, 0.29) is 6.42 Å². The lowest BCUT2D eigenvalue weighted by molar-refractivity contribution is -0.00417. The van der Waals surface area contributed by atoms with E-state index in [1.54, 1.807) is 0 Å². The Morgan fingerprint density at radius 3 is 2.60 bits per heavy atom. The fraction of sp³-hybridized carbons (Fsp3) is 0.778. The largest absolute Gasteiger partial charge is 0.390 e. The number of allylic oxidation sites excluding steroid dienone is 3. The Morgan fingerprint density at radius 2 is 1.90 bits per heavy atom. The lowest BCUT2D eigenvalue weighted by atomic mass is 9.60. The monoisotopic (exact) mass is 418 g/mol. The van der Waals surface area contributed by atoms with Gasteiger partial charge in [0, 0.05) is 6.42 Å². The van der Waals surface area contributed by atoms with Crippen LogP contribution in [0.15, 0.2) is 35.5 Å². The third-order valence-electron chi connectivity index (χ3n) is 8.53. The maximum atomic E-state index is 13.9. The van der Waals surface area contributed by atoms with E-state index in [2.05, 4.69) is 40.3 Å². The summed E-state index contributed by atoms with van der Waals surface area (Å²) in [5.74, 6) is 3.00. The van der Waals surface area contributed by atoms with E-state index in [9.17, 15) is 14.6 Å². The molecule has 3 fully saturated rings. The van der Waals surface area contributed by atoms with Gasteiger partial charge in [0.15, 0.2) is 6.17 Å². The highest BCUT2D eigenvalue weighted by atomic mass is 19.1. The first-order valence-corrected chi connectivity index (χ1v) is 12.2. The molecule has 3 aliphatic rings. The molecule has 0 aromatic carbocycles. The highest BCUT2D eigenvalue weighted by molar-refractivity contribution is 5.40. The van der Waals surface area contributed by atoms with Crippen molar-refractivity contribution in [2.75, 3.05) is 0 Å². The van der Waals surface area contributed by atoms with E-state index in [4.69, 9.17) is 0 Å². The minimum atomic E-state index is -1.63. The predicted octanol–water partition coefficient (Wildman–Crippen LogP) is 6.54. The summed E-state index contributed by atoms with van der Waals surface area (Å²) < 4.78 is 13.9. The van der Waals surface area contributed by atoms with Gasteiger partial charge in [-0.1, -0.05) is 71.3 Å². The van der Waals surface area contributed by atoms with Crippen molar-refractivity contribution in [2.45, 2.75) is 104 Å². The molecule has 0 saturated heterocycles. The van der Waals surface area contributed by atoms with Gasteiger partial charge in [-0.05, 0) is 72.3 Å². The number of hydrogen-bond acceptors (Lipinski definition) is 2. The third-order valence-corrected chi connectivity index (χ3v) is 8.53. The van der Waals surface area contributed by atoms with Crippen LogP contribution in [0.5, 0.6) is 0 Å². The first kappa shape index (κ1) is 23.7. The molecule has 0 amide bonds. The van der Waals surface area contributed by atoms with Crippen molar-refractivity contribution in [1.29, 1.82) is 0 Å². The van der Waals surface area contributed by atoms with Crippen LogP contribution < -0.4 is 0 Å². The zero-order valence-corrected chi connectivity index (χ0v) is 19.5. The van der Waals surface area contributed by atoms with Crippen molar-refractivity contribution in [3.63, 3.8) is 0 Å². The molecule has 2 N–H and O–H groups in total. The van der Waals surface area contributed by atoms with Crippen LogP contribution in [0.2, 0.25) is 0 Å². The summed E-state index contributed by atoms with van der Waals surface area (Å²) in [5, 5.41) is 19.9. The third kappa shape index (κ3) is 4.78. The molecule has 3 heteroatoms. The average molecular weight is 419 g/mol. The summed E-state index contributed by atoms with van der Waals surface area (Å²) in [6, 6.07) is 0. The molecule has 3 rings (SSSR count). The van der Waals surface area contributed by atoms with Crippen molar-refractivity contribution >= 4 is 0 Å². The lowest BCUT2D eigenvalue weighted by Gasteiger charge is -2.44. The van der Waals surface area contributed by atoms with E-state index in [1.807, 2.05) is 6.08 Å². The second kappa shape index (κ2) is 9.69. The molecule has 3 saturated carbocycles. The molecule has 0 aromatic rings. The zero-order valence-electron chi connectivity index (χ0n) is 19.5. The standard InChI is InChI=1S/C27H43FO2/c1-17(2)8-6-9-18(3)22-13-14-23-20(10-7-15-27(22,23)5)11-12-21-16-24(29)25(28)26(30)19(21)4/h11-12,17-18,22-26,29-30H,4,6-10,13-16H2,1-3,5H3/t18-,22-,23?,24-,25?,26?,27-/m1/s1. The fourth-order valence-electron chi connectivity index (χ4n) is 6.71. The first-order chi connectivity index (χ1) is 14.1. The second-order valence-corrected chi connectivity index (χ2v) is 11.0. The molecular formula is C27H43FO2. The van der Waals surface area contributed by atoms with Crippen LogP contribution in [0.1, 0.15) is 85.5 Å². The van der Waals surface area contributed by atoms with Gasteiger partial charge in [-0.2, -0.15) is 0 Å². The summed E-state index contributed by atoms with van der Waals surface area (Å²) in [6.45, 7) is 13.5. The molecule has 0 radical (unpaired) electrons. The SMILES string of the molecule is C=C1C(=CC=C2CCC[C@@]3(C)C2CC[C@@H]3[C@H](C)CCCC(C)C)C[C@@H](O)C(F)C1O. The van der Waals surface area contributed by atoms with Crippen LogP contribution in [0.4, 0.5) is 4.39 Å². The Labute approximate surface area is 183 Å². The molecule has 0 heterocycles. The molecule has 7 atom stereocenters. The molecule has 3 unspecified atom stereocenters. The normalized spacial score (nSPS) is 40.9. The smallest absolute Gasteiger partial charge is 0.156 e. The summed E-state index contributed by atoms with van der Waals surface area (Å²) >= 11 is 0. The molecule has 170 valence electrons. The predicted molar refractivity (Wildman–Crippen MR) is 123 cm³/mol. The molecule has 0 aromatic heterocycles. The molecule has 3 aliphatic carbocycles. The van der Waals surface area contributed by atoms with E-state index in [0.29, 0.717) is 16.9 Å². The Kier molecular flexibility index (Phi) is 7.66. The second-order valence-electron chi connectivity index (χ2n) is 11.0. The van der Waals surface area contributed by atoms with Crippen LogP contribution in [0, 0.1) is 29.1 Å². The van der Waals surface area contributed by atoms with Crippen LogP contribution in [0.3, 0.4) is 0 Å². The molecule has 30 heavy (non-hydrogen) atoms. The number of alkyl halides is 1. The minimum Gasteiger partial charge on any atom is -0.390 e. The number of fused-ring (bicyclic) bond motifs is 1. The number of halogens is 1. The molecule has 0 bridgehead atoms. The highest BCUT2D eigenvalue weighted by Gasteiger charge is 2.50. The maximum Gasteiger partial charge on any atom is 0.156 e. The Bertz CT molecular complexity index is 678. The fourth-order valence-corrected chi connectivity index (χ4v) is 6.71. The molecule has 2 nitrogen and oxygen atoms in total. The number of hydrogen-bond donors (Lipinski definition) is 2. The topological polar surface area (TPSA) is 40.5 Å². The van der Waals surface area contributed by atoms with Gasteiger partial charge in [-0.15, -0.1) is 0 Å². The van der Waals surface area contributed by atoms with Gasteiger partial charge in [0.2, 0.25) is 0 Å². The van der Waals surface area contributed by atoms with E-state index >= 15 is 0 Å². The van der Waals surface area contributed by atoms with Crippen molar-refractivity contribution in [3.8, 4) is 0 Å². The van der Waals surface area contributed by atoms with Gasteiger partial charge < -0.3 is 10.2 Å². The van der Waals surface area contributed by atoms with Gasteiger partial charge in [-0.25, -0.2) is 4.39 Å². The summed E-state index contributed by atoms with van der Waals surface area (Å²) in [4.78, 5) is 0. The molecule has 0 aliphatic heterocycles. The van der Waals surface area contributed by atoms with Crippen LogP contribution in [0.25, 0.3) is 0 Å². The minimum absolute atomic E-state index is 0.234. The number of aliphatic hydroxyl groups excluding tert-OH is 2. The zero-order chi connectivity index (χ0) is 22.1. The van der Waals surface area contributed by atoms with Crippen molar-refractivity contribution in [1.82, 2.24) is 0 Å². The van der Waals surface area contributed by atoms with Crippen molar-refractivity contribution in [3.05, 3.63) is 35.5 Å². The molecule has 0 spiro atoms. The van der Waals surface area contributed by atoms with Crippen molar-refractivity contribution in [2.24, 2.45) is 29.1 Å². The van der Waals surface area contributed by atoms with Gasteiger partial charge in [-0.3, -0.25) is 0 Å². The molecular weight excluding hydrogens is 375 g/mol. The summed E-state index contributed by atoms with van der Waals surface area (Å²) in [7, 11) is 0. The lowest BCUT2D eigenvalue weighted by Crippen LogP contribution is -2.40. The Hall–Kier alpha value is -0.930. The quantitative estimate of drug-likeness (QED) is 0.514. The maximum absolute atomic E-state index is 13.9. The van der Waals surface area contributed by atoms with E-state index < -0.39 is 18.4 Å². The highest BCUT2D eigenvalue weighted by Crippen LogP contribution is 2.60. The van der Waals surface area contributed by atoms with Gasteiger partial charge in [0.25, 0.3) is 0 Å². The van der Waals surface area contributed by atoms with Gasteiger partial charge in [0.1, 0.15) is 6.10 Å². The summed E-state index contributed by atoms with van der Waals surface area (Å²) in [6.07, 6.45) is 10.7. The van der Waals surface area contributed by atoms with Crippen LogP contribution in [-0.2, 0) is 0 Å². The van der Waals surface area contributed by atoms with Gasteiger partial charge >= 0.3 is 0 Å². The van der Waals surface area contributed by atoms with Crippen LogP contribution in [-0.4, -0.2) is 28.6 Å². The van der Waals surface area contributed by atoms with Crippen molar-refractivity contribution < 1.29 is 14.6 Å². The Morgan fingerprint density at radius 1 is 1.17 bits per heavy atom. The summed E-state index contributed by atoms with van der Waals surface area (Å²) in [5.41, 5.74) is 3.10. The Balaban J connectivity index is 1.72. The first-order valence-electron chi connectivity index (χ1n) is 12.2. The average Bonchev–Trinajstić information content (AvgIpc) is 3.05. The van der Waals surface area contributed by atoms with Crippen LogP contribution >= 0.6 is 0 Å². The number of aliphatic hydroxyl groups is 2.